The van der Waals surface area contributed by atoms with Gasteiger partial charge < -0.3 is 4.74 Å². The second kappa shape index (κ2) is 2.63. The third-order valence-corrected chi connectivity index (χ3v) is 3.61. The third-order valence-electron chi connectivity index (χ3n) is 3.61. The third kappa shape index (κ3) is 1.08. The van der Waals surface area contributed by atoms with E-state index in [4.69, 9.17) is 4.74 Å². The zero-order valence-electron chi connectivity index (χ0n) is 8.99. The molecule has 1 aromatic carbocycles. The molecule has 78 valence electrons. The van der Waals surface area contributed by atoms with Crippen molar-refractivity contribution in [3.63, 3.8) is 0 Å². The Morgan fingerprint density at radius 1 is 1.33 bits per heavy atom. The molecular formula is C13H14O2. The van der Waals surface area contributed by atoms with Crippen LogP contribution in [0.5, 0.6) is 5.75 Å². The van der Waals surface area contributed by atoms with Gasteiger partial charge in [-0.15, -0.1) is 0 Å². The number of rotatable bonds is 0. The minimum absolute atomic E-state index is 0.0624. The molecule has 3 rings (SSSR count). The van der Waals surface area contributed by atoms with Crippen LogP contribution < -0.4 is 4.74 Å². The van der Waals surface area contributed by atoms with Gasteiger partial charge in [-0.25, -0.2) is 0 Å². The number of ether oxygens (including phenoxy) is 1. The SMILES string of the molecule is CC1(C)Oc2ccccc2C2CC(=O)C21. The summed E-state index contributed by atoms with van der Waals surface area (Å²) in [5.74, 6) is 1.75. The van der Waals surface area contributed by atoms with E-state index in [9.17, 15) is 4.79 Å². The molecule has 1 aliphatic heterocycles. The standard InChI is InChI=1S/C13H14O2/c1-13(2)12-9(7-10(12)14)8-5-3-4-6-11(8)15-13/h3-6,9,12H,7H2,1-2H3. The van der Waals surface area contributed by atoms with Crippen molar-refractivity contribution in [3.05, 3.63) is 29.8 Å². The number of carbonyl (C=O) groups is 1. The molecule has 0 N–H and O–H groups in total. The zero-order chi connectivity index (χ0) is 10.6. The van der Waals surface area contributed by atoms with Crippen molar-refractivity contribution in [1.82, 2.24) is 0 Å². The minimum atomic E-state index is -0.339. The van der Waals surface area contributed by atoms with Gasteiger partial charge in [0.1, 0.15) is 17.1 Å². The maximum Gasteiger partial charge on any atom is 0.141 e. The first-order valence-corrected chi connectivity index (χ1v) is 5.40. The van der Waals surface area contributed by atoms with Crippen molar-refractivity contribution >= 4 is 5.78 Å². The summed E-state index contributed by atoms with van der Waals surface area (Å²) in [5.41, 5.74) is 0.871. The number of ketones is 1. The van der Waals surface area contributed by atoms with Crippen molar-refractivity contribution in [3.8, 4) is 5.75 Å². The maximum absolute atomic E-state index is 11.6. The summed E-state index contributed by atoms with van der Waals surface area (Å²) >= 11 is 0. The van der Waals surface area contributed by atoms with Crippen LogP contribution in [-0.4, -0.2) is 11.4 Å². The first-order chi connectivity index (χ1) is 7.09. The molecule has 0 aromatic heterocycles. The normalized spacial score (nSPS) is 30.9. The van der Waals surface area contributed by atoms with Gasteiger partial charge in [-0.2, -0.15) is 0 Å². The van der Waals surface area contributed by atoms with Crippen LogP contribution in [0.1, 0.15) is 31.7 Å². The molecule has 0 radical (unpaired) electrons. The van der Waals surface area contributed by atoms with Gasteiger partial charge in [0, 0.05) is 12.3 Å². The summed E-state index contributed by atoms with van der Waals surface area (Å²) < 4.78 is 5.90. The Hall–Kier alpha value is -1.31. The Balaban J connectivity index is 2.11. The van der Waals surface area contributed by atoms with Gasteiger partial charge in [-0.3, -0.25) is 4.79 Å². The van der Waals surface area contributed by atoms with Crippen LogP contribution >= 0.6 is 0 Å². The summed E-state index contributed by atoms with van der Waals surface area (Å²) in [5, 5.41) is 0. The zero-order valence-corrected chi connectivity index (χ0v) is 8.99. The van der Waals surface area contributed by atoms with E-state index in [-0.39, 0.29) is 11.5 Å². The van der Waals surface area contributed by atoms with Crippen molar-refractivity contribution in [2.24, 2.45) is 5.92 Å². The number of carbonyl (C=O) groups excluding carboxylic acids is 1. The summed E-state index contributed by atoms with van der Waals surface area (Å²) in [6.07, 6.45) is 0.689. The van der Waals surface area contributed by atoms with Crippen LogP contribution in [0.4, 0.5) is 0 Å². The van der Waals surface area contributed by atoms with Crippen LogP contribution in [0, 0.1) is 5.92 Å². The van der Waals surface area contributed by atoms with E-state index < -0.39 is 0 Å². The van der Waals surface area contributed by atoms with Crippen molar-refractivity contribution in [1.29, 1.82) is 0 Å². The molecule has 0 spiro atoms. The van der Waals surface area contributed by atoms with Crippen molar-refractivity contribution in [2.45, 2.75) is 31.8 Å². The van der Waals surface area contributed by atoms with Gasteiger partial charge in [0.05, 0.1) is 5.92 Å². The molecule has 1 aromatic rings. The largest absolute Gasteiger partial charge is 0.487 e. The highest BCUT2D eigenvalue weighted by Gasteiger charge is 2.54. The first-order valence-electron chi connectivity index (χ1n) is 5.40. The summed E-state index contributed by atoms with van der Waals surface area (Å²) in [7, 11) is 0. The van der Waals surface area contributed by atoms with E-state index in [0.717, 1.165) is 5.75 Å². The molecule has 2 heteroatoms. The second-order valence-electron chi connectivity index (χ2n) is 5.00. The van der Waals surface area contributed by atoms with E-state index in [1.807, 2.05) is 32.0 Å². The second-order valence-corrected chi connectivity index (χ2v) is 5.00. The number of hydrogen-bond acceptors (Lipinski definition) is 2. The van der Waals surface area contributed by atoms with E-state index in [1.165, 1.54) is 5.56 Å². The lowest BCUT2D eigenvalue weighted by atomic mass is 9.61. The highest BCUT2D eigenvalue weighted by atomic mass is 16.5. The van der Waals surface area contributed by atoms with Crippen LogP contribution in [0.3, 0.4) is 0 Å². The molecule has 15 heavy (non-hydrogen) atoms. The Kier molecular flexibility index (Phi) is 1.57. The van der Waals surface area contributed by atoms with Gasteiger partial charge >= 0.3 is 0 Å². The number of Topliss-reactive ketones (excluding diaryl/α,β-unsaturated/α-hetero) is 1. The average Bonchev–Trinajstić information content (AvgIpc) is 2.13. The Morgan fingerprint density at radius 3 is 2.80 bits per heavy atom. The number of fused-ring (bicyclic) bond motifs is 3. The topological polar surface area (TPSA) is 26.3 Å². The number of para-hydroxylation sites is 1. The van der Waals surface area contributed by atoms with Gasteiger partial charge in [0.2, 0.25) is 0 Å². The summed E-state index contributed by atoms with van der Waals surface area (Å²) in [6.45, 7) is 4.02. The lowest BCUT2D eigenvalue weighted by Crippen LogP contribution is -2.54. The smallest absolute Gasteiger partial charge is 0.141 e. The molecule has 0 bridgehead atoms. The number of hydrogen-bond donors (Lipinski definition) is 0. The fourth-order valence-electron chi connectivity index (χ4n) is 2.91. The molecule has 0 amide bonds. The molecule has 2 unspecified atom stereocenters. The fourth-order valence-corrected chi connectivity index (χ4v) is 2.91. The lowest BCUT2D eigenvalue weighted by molar-refractivity contribution is -0.143. The van der Waals surface area contributed by atoms with Gasteiger partial charge in [0.25, 0.3) is 0 Å². The average molecular weight is 202 g/mol. The molecular weight excluding hydrogens is 188 g/mol. The van der Waals surface area contributed by atoms with E-state index in [1.54, 1.807) is 0 Å². The molecule has 2 atom stereocenters. The van der Waals surface area contributed by atoms with Gasteiger partial charge in [-0.1, -0.05) is 18.2 Å². The maximum atomic E-state index is 11.6. The van der Waals surface area contributed by atoms with Gasteiger partial charge in [-0.05, 0) is 25.5 Å². The summed E-state index contributed by atoms with van der Waals surface area (Å²) in [4.78, 5) is 11.6. The molecule has 1 aliphatic carbocycles. The quantitative estimate of drug-likeness (QED) is 0.646. The fraction of sp³-hybridized carbons (Fsp3) is 0.462. The highest BCUT2D eigenvalue weighted by molar-refractivity contribution is 5.91. The molecule has 1 saturated carbocycles. The van der Waals surface area contributed by atoms with E-state index in [2.05, 4.69) is 6.07 Å². The number of benzene rings is 1. The lowest BCUT2D eigenvalue weighted by Gasteiger charge is -2.49. The van der Waals surface area contributed by atoms with E-state index in [0.29, 0.717) is 18.1 Å². The Labute approximate surface area is 89.2 Å². The minimum Gasteiger partial charge on any atom is -0.487 e. The van der Waals surface area contributed by atoms with Crippen LogP contribution in [0.25, 0.3) is 0 Å². The monoisotopic (exact) mass is 202 g/mol. The highest BCUT2D eigenvalue weighted by Crippen LogP contribution is 2.53. The van der Waals surface area contributed by atoms with Crippen LogP contribution in [0.15, 0.2) is 24.3 Å². The Bertz CT molecular complexity index is 434. The van der Waals surface area contributed by atoms with Gasteiger partial charge in [0.15, 0.2) is 0 Å². The molecule has 0 saturated heterocycles. The van der Waals surface area contributed by atoms with Crippen LogP contribution in [-0.2, 0) is 4.79 Å². The predicted molar refractivity (Wildman–Crippen MR) is 57.0 cm³/mol. The summed E-state index contributed by atoms with van der Waals surface area (Å²) in [6, 6.07) is 8.07. The van der Waals surface area contributed by atoms with E-state index >= 15 is 0 Å². The molecule has 2 aliphatic rings. The first kappa shape index (κ1) is 8.96. The van der Waals surface area contributed by atoms with Crippen LogP contribution in [0.2, 0.25) is 0 Å². The predicted octanol–water partition coefficient (Wildman–Crippen LogP) is 2.53. The Morgan fingerprint density at radius 2 is 2.07 bits per heavy atom. The molecule has 1 fully saturated rings. The van der Waals surface area contributed by atoms with Crippen molar-refractivity contribution < 1.29 is 9.53 Å². The molecule has 1 heterocycles. The van der Waals surface area contributed by atoms with Crippen molar-refractivity contribution in [2.75, 3.05) is 0 Å². The molecule has 2 nitrogen and oxygen atoms in total.